The van der Waals surface area contributed by atoms with Gasteiger partial charge in [-0.2, -0.15) is 0 Å². The Kier molecular flexibility index (Phi) is 6.80. The van der Waals surface area contributed by atoms with Crippen LogP contribution >= 0.6 is 35.0 Å². The SMILES string of the molecule is CSc1nnc(OCC2COC(Cn3ccnc3)(c3ccc(Cl)cc3Cl)O2)n1-c1ccccc1. The molecule has 1 fully saturated rings. The first kappa shape index (κ1) is 23.2. The van der Waals surface area contributed by atoms with Crippen LogP contribution in [0.4, 0.5) is 0 Å². The molecule has 2 unspecified atom stereocenters. The Balaban J connectivity index is 1.37. The predicted molar refractivity (Wildman–Crippen MR) is 130 cm³/mol. The summed E-state index contributed by atoms with van der Waals surface area (Å²) in [6, 6.07) is 15.5. The zero-order valence-electron chi connectivity index (χ0n) is 18.2. The van der Waals surface area contributed by atoms with E-state index in [4.69, 9.17) is 37.4 Å². The average Bonchev–Trinajstić information content (AvgIpc) is 3.59. The minimum atomic E-state index is -1.12. The van der Waals surface area contributed by atoms with Crippen LogP contribution in [0.15, 0.2) is 72.4 Å². The molecule has 1 saturated heterocycles. The lowest BCUT2D eigenvalue weighted by Crippen LogP contribution is -2.34. The van der Waals surface area contributed by atoms with E-state index < -0.39 is 5.79 Å². The Bertz CT molecular complexity index is 1250. The second-order valence-corrected chi connectivity index (χ2v) is 9.23. The molecule has 0 radical (unpaired) electrons. The summed E-state index contributed by atoms with van der Waals surface area (Å²) in [5.74, 6) is -1.12. The fraction of sp³-hybridized carbons (Fsp3) is 0.261. The van der Waals surface area contributed by atoms with Gasteiger partial charge in [0.15, 0.2) is 5.16 Å². The molecule has 0 amide bonds. The van der Waals surface area contributed by atoms with Gasteiger partial charge in [-0.1, -0.05) is 64.3 Å². The van der Waals surface area contributed by atoms with Crippen molar-refractivity contribution in [1.29, 1.82) is 0 Å². The summed E-state index contributed by atoms with van der Waals surface area (Å²) < 4.78 is 22.5. The maximum Gasteiger partial charge on any atom is 0.322 e. The largest absolute Gasteiger partial charge is 0.460 e. The molecule has 3 heterocycles. The highest BCUT2D eigenvalue weighted by Gasteiger charge is 2.45. The van der Waals surface area contributed by atoms with E-state index >= 15 is 0 Å². The van der Waals surface area contributed by atoms with E-state index in [-0.39, 0.29) is 12.7 Å². The molecular weight excluding hydrogens is 497 g/mol. The molecule has 1 aliphatic heterocycles. The lowest BCUT2D eigenvalue weighted by atomic mass is 10.1. The van der Waals surface area contributed by atoms with Crippen molar-refractivity contribution in [2.45, 2.75) is 23.6 Å². The molecule has 34 heavy (non-hydrogen) atoms. The Hall–Kier alpha value is -2.56. The van der Waals surface area contributed by atoms with Crippen LogP contribution in [0.2, 0.25) is 10.0 Å². The summed E-state index contributed by atoms with van der Waals surface area (Å²) in [6.45, 7) is 0.889. The lowest BCUT2D eigenvalue weighted by molar-refractivity contribution is -0.189. The summed E-state index contributed by atoms with van der Waals surface area (Å²) in [5.41, 5.74) is 1.60. The van der Waals surface area contributed by atoms with Crippen molar-refractivity contribution in [2.75, 3.05) is 19.5 Å². The van der Waals surface area contributed by atoms with Gasteiger partial charge in [-0.25, -0.2) is 9.55 Å². The van der Waals surface area contributed by atoms with Crippen LogP contribution in [0, 0.1) is 0 Å². The third kappa shape index (κ3) is 4.67. The first-order chi connectivity index (χ1) is 16.6. The maximum atomic E-state index is 6.54. The molecule has 176 valence electrons. The smallest absolute Gasteiger partial charge is 0.322 e. The van der Waals surface area contributed by atoms with Crippen LogP contribution in [0.3, 0.4) is 0 Å². The van der Waals surface area contributed by atoms with E-state index in [0.717, 1.165) is 10.8 Å². The third-order valence-corrected chi connectivity index (χ3v) is 6.53. The zero-order chi connectivity index (χ0) is 23.5. The Labute approximate surface area is 210 Å². The molecule has 0 spiro atoms. The van der Waals surface area contributed by atoms with Crippen molar-refractivity contribution in [3.8, 4) is 11.7 Å². The van der Waals surface area contributed by atoms with Crippen LogP contribution in [0.25, 0.3) is 5.69 Å². The molecule has 11 heteroatoms. The monoisotopic (exact) mass is 517 g/mol. The van der Waals surface area contributed by atoms with Gasteiger partial charge >= 0.3 is 6.01 Å². The highest BCUT2D eigenvalue weighted by molar-refractivity contribution is 7.98. The highest BCUT2D eigenvalue weighted by atomic mass is 35.5. The minimum absolute atomic E-state index is 0.218. The van der Waals surface area contributed by atoms with Gasteiger partial charge in [0.25, 0.3) is 0 Å². The number of hydrogen-bond acceptors (Lipinski definition) is 7. The number of thioether (sulfide) groups is 1. The van der Waals surface area contributed by atoms with Crippen molar-refractivity contribution in [1.82, 2.24) is 24.3 Å². The van der Waals surface area contributed by atoms with Crippen LogP contribution < -0.4 is 4.74 Å². The second-order valence-electron chi connectivity index (χ2n) is 7.61. The first-order valence-electron chi connectivity index (χ1n) is 10.5. The topological polar surface area (TPSA) is 76.2 Å². The number of aromatic nitrogens is 5. The summed E-state index contributed by atoms with van der Waals surface area (Å²) in [4.78, 5) is 4.12. The minimum Gasteiger partial charge on any atom is -0.460 e. The Morgan fingerprint density at radius 3 is 2.76 bits per heavy atom. The van der Waals surface area contributed by atoms with E-state index in [0.29, 0.717) is 34.8 Å². The van der Waals surface area contributed by atoms with Crippen molar-refractivity contribution < 1.29 is 14.2 Å². The van der Waals surface area contributed by atoms with Gasteiger partial charge in [-0.15, -0.1) is 5.10 Å². The quantitative estimate of drug-likeness (QED) is 0.309. The van der Waals surface area contributed by atoms with Gasteiger partial charge in [0.2, 0.25) is 5.79 Å². The Morgan fingerprint density at radius 2 is 2.03 bits per heavy atom. The molecule has 0 saturated carbocycles. The molecule has 2 aromatic heterocycles. The molecular formula is C23H21Cl2N5O3S. The third-order valence-electron chi connectivity index (χ3n) is 5.35. The predicted octanol–water partition coefficient (Wildman–Crippen LogP) is 4.84. The molecule has 2 atom stereocenters. The van der Waals surface area contributed by atoms with Crippen LogP contribution in [-0.2, 0) is 21.8 Å². The molecule has 0 aliphatic carbocycles. The van der Waals surface area contributed by atoms with Gasteiger partial charge in [0.05, 0.1) is 30.2 Å². The fourth-order valence-electron chi connectivity index (χ4n) is 3.82. The van der Waals surface area contributed by atoms with Crippen molar-refractivity contribution in [3.05, 3.63) is 82.9 Å². The molecule has 4 aromatic rings. The van der Waals surface area contributed by atoms with E-state index in [1.807, 2.05) is 58.0 Å². The van der Waals surface area contributed by atoms with Crippen LogP contribution in [-0.4, -0.2) is 49.9 Å². The van der Waals surface area contributed by atoms with Gasteiger partial charge in [0, 0.05) is 23.0 Å². The van der Waals surface area contributed by atoms with Gasteiger partial charge in [0.1, 0.15) is 12.7 Å². The summed E-state index contributed by atoms with van der Waals surface area (Å²) in [7, 11) is 0. The van der Waals surface area contributed by atoms with E-state index in [9.17, 15) is 0 Å². The van der Waals surface area contributed by atoms with E-state index in [2.05, 4.69) is 15.2 Å². The highest BCUT2D eigenvalue weighted by Crippen LogP contribution is 2.40. The average molecular weight is 518 g/mol. The van der Waals surface area contributed by atoms with Gasteiger partial charge < -0.3 is 18.8 Å². The molecule has 1 aliphatic rings. The Morgan fingerprint density at radius 1 is 1.18 bits per heavy atom. The second kappa shape index (κ2) is 9.97. The first-order valence-corrected chi connectivity index (χ1v) is 12.5. The number of ether oxygens (including phenoxy) is 3. The number of para-hydroxylation sites is 1. The van der Waals surface area contributed by atoms with Crippen LogP contribution in [0.5, 0.6) is 6.01 Å². The lowest BCUT2D eigenvalue weighted by Gasteiger charge is -2.29. The number of benzene rings is 2. The van der Waals surface area contributed by atoms with E-state index in [1.165, 1.54) is 11.8 Å². The number of halogens is 2. The summed E-state index contributed by atoms with van der Waals surface area (Å²) in [5, 5.41) is 10.2. The number of hydrogen-bond donors (Lipinski definition) is 0. The molecule has 8 nitrogen and oxygen atoms in total. The zero-order valence-corrected chi connectivity index (χ0v) is 20.5. The van der Waals surface area contributed by atoms with Gasteiger partial charge in [-0.05, 0) is 30.5 Å². The van der Waals surface area contributed by atoms with Crippen LogP contribution in [0.1, 0.15) is 5.56 Å². The summed E-state index contributed by atoms with van der Waals surface area (Å²) >= 11 is 14.2. The van der Waals surface area contributed by atoms with Crippen molar-refractivity contribution >= 4 is 35.0 Å². The van der Waals surface area contributed by atoms with Gasteiger partial charge in [-0.3, -0.25) is 0 Å². The number of nitrogens with zero attached hydrogens (tertiary/aromatic N) is 5. The standard InChI is InChI=1S/C23H21Cl2N5O3S/c1-34-22-28-27-21(30(22)17-5-3-2-4-6-17)31-12-18-13-32-23(33-18,14-29-10-9-26-15-29)19-8-7-16(24)11-20(19)25/h2-11,15,18H,12-14H2,1H3. The fourth-order valence-corrected chi connectivity index (χ4v) is 4.86. The van der Waals surface area contributed by atoms with Crippen molar-refractivity contribution in [3.63, 3.8) is 0 Å². The normalized spacial score (nSPS) is 20.0. The van der Waals surface area contributed by atoms with Crippen molar-refractivity contribution in [2.24, 2.45) is 0 Å². The molecule has 2 aromatic carbocycles. The number of imidazole rings is 1. The molecule has 0 N–H and O–H groups in total. The summed E-state index contributed by atoms with van der Waals surface area (Å²) in [6.07, 6.45) is 6.82. The molecule has 0 bridgehead atoms. The van der Waals surface area contributed by atoms with E-state index in [1.54, 1.807) is 24.7 Å². The number of rotatable bonds is 8. The molecule has 5 rings (SSSR count). The maximum absolute atomic E-state index is 6.54.